The van der Waals surface area contributed by atoms with Crippen LogP contribution in [-0.4, -0.2) is 52.9 Å². The van der Waals surface area contributed by atoms with E-state index < -0.39 is 17.2 Å². The molecule has 2 aliphatic rings. The summed E-state index contributed by atoms with van der Waals surface area (Å²) in [4.78, 5) is 18.7. The third-order valence-corrected chi connectivity index (χ3v) is 7.59. The number of hydrogen-bond donors (Lipinski definition) is 4. The molecule has 0 spiro atoms. The molecule has 1 saturated carbocycles. The fourth-order valence-corrected chi connectivity index (χ4v) is 5.22. The highest BCUT2D eigenvalue weighted by atomic mass is 79.9. The summed E-state index contributed by atoms with van der Waals surface area (Å²) in [5, 5.41) is 19.8. The van der Waals surface area contributed by atoms with Crippen LogP contribution in [0.15, 0.2) is 70.7 Å². The molecule has 2 aromatic carbocycles. The van der Waals surface area contributed by atoms with Gasteiger partial charge in [-0.15, -0.1) is 6.58 Å². The average molecular weight is 587 g/mol. The van der Waals surface area contributed by atoms with Crippen LogP contribution in [0.3, 0.4) is 0 Å². The van der Waals surface area contributed by atoms with Gasteiger partial charge < -0.3 is 19.7 Å². The highest BCUT2D eigenvalue weighted by molar-refractivity contribution is 9.10. The van der Waals surface area contributed by atoms with Gasteiger partial charge in [-0.3, -0.25) is 10.2 Å². The quantitative estimate of drug-likeness (QED) is 0.167. The number of halogens is 1. The van der Waals surface area contributed by atoms with E-state index in [0.29, 0.717) is 43.1 Å². The van der Waals surface area contributed by atoms with E-state index in [1.807, 2.05) is 48.5 Å². The second kappa shape index (κ2) is 12.9. The molecular weight excluding hydrogens is 550 g/mol. The summed E-state index contributed by atoms with van der Waals surface area (Å²) in [5.74, 6) is 0.664. The molecule has 8 nitrogen and oxygen atoms in total. The molecule has 2 aromatic rings. The van der Waals surface area contributed by atoms with Crippen molar-refractivity contribution in [1.29, 1.82) is 0 Å². The van der Waals surface area contributed by atoms with Crippen LogP contribution in [-0.2, 0) is 9.53 Å². The number of benzene rings is 2. The maximum absolute atomic E-state index is 13.8. The fraction of sp³-hybridized carbons (Fsp3) is 0.448. The van der Waals surface area contributed by atoms with E-state index in [1.165, 1.54) is 0 Å². The van der Waals surface area contributed by atoms with Gasteiger partial charge in [-0.2, -0.15) is 0 Å². The summed E-state index contributed by atoms with van der Waals surface area (Å²) in [5.41, 5.74) is 5.17. The first-order valence-corrected chi connectivity index (χ1v) is 13.9. The van der Waals surface area contributed by atoms with Gasteiger partial charge in [0.25, 0.3) is 5.91 Å². The minimum atomic E-state index is -1.30. The van der Waals surface area contributed by atoms with Gasteiger partial charge >= 0.3 is 0 Å². The largest absolute Gasteiger partial charge is 0.494 e. The van der Waals surface area contributed by atoms with Crippen molar-refractivity contribution >= 4 is 27.7 Å². The normalized spacial score (nSPS) is 22.3. The fourth-order valence-electron chi connectivity index (χ4n) is 4.96. The Hall–Kier alpha value is -2.72. The molecule has 0 unspecified atom stereocenters. The van der Waals surface area contributed by atoms with Crippen LogP contribution in [0.1, 0.15) is 62.2 Å². The molecule has 9 heteroatoms. The second-order valence-electron chi connectivity index (χ2n) is 9.93. The van der Waals surface area contributed by atoms with Crippen molar-refractivity contribution in [2.45, 2.75) is 62.2 Å². The number of ether oxygens (including phenoxy) is 2. The number of nitrogens with one attached hydrogen (secondary N) is 2. The van der Waals surface area contributed by atoms with E-state index in [2.05, 4.69) is 33.4 Å². The standard InChI is InChI=1S/C29H36BrN3O5/c1-2-15-29(27(35)33-31-20-28(36)16-4-3-5-17-28)25(21-7-11-23(30)12-8-21)38-26(32-29)22-9-13-24(14-10-22)37-19-6-18-34/h2,7-14,25,31,34,36H,1,3-6,15-20H2,(H,33,35)/t25-,29-/m0/s1. The van der Waals surface area contributed by atoms with Crippen molar-refractivity contribution in [1.82, 2.24) is 10.9 Å². The number of hydrazine groups is 1. The van der Waals surface area contributed by atoms with E-state index >= 15 is 0 Å². The summed E-state index contributed by atoms with van der Waals surface area (Å²) in [6.45, 7) is 4.65. The highest BCUT2D eigenvalue weighted by Gasteiger charge is 2.52. The van der Waals surface area contributed by atoms with Crippen molar-refractivity contribution in [3.05, 3.63) is 76.8 Å². The van der Waals surface area contributed by atoms with Crippen LogP contribution < -0.4 is 15.6 Å². The summed E-state index contributed by atoms with van der Waals surface area (Å²) in [7, 11) is 0. The highest BCUT2D eigenvalue weighted by Crippen LogP contribution is 2.43. The Morgan fingerprint density at radius 2 is 1.87 bits per heavy atom. The molecule has 1 heterocycles. The maximum Gasteiger partial charge on any atom is 0.266 e. The molecule has 38 heavy (non-hydrogen) atoms. The molecule has 0 aromatic heterocycles. The van der Waals surface area contributed by atoms with E-state index in [1.54, 1.807) is 6.08 Å². The summed E-state index contributed by atoms with van der Waals surface area (Å²) in [6, 6.07) is 14.9. The van der Waals surface area contributed by atoms with Gasteiger partial charge in [-0.25, -0.2) is 10.4 Å². The molecule has 1 aliphatic carbocycles. The predicted molar refractivity (Wildman–Crippen MR) is 150 cm³/mol. The summed E-state index contributed by atoms with van der Waals surface area (Å²) < 4.78 is 12.9. The van der Waals surface area contributed by atoms with Gasteiger partial charge in [-0.05, 0) is 54.8 Å². The lowest BCUT2D eigenvalue weighted by Crippen LogP contribution is -2.55. The monoisotopic (exact) mass is 585 g/mol. The number of carbonyl (C=O) groups is 1. The minimum Gasteiger partial charge on any atom is -0.494 e. The van der Waals surface area contributed by atoms with E-state index in [4.69, 9.17) is 19.6 Å². The number of aliphatic hydroxyl groups excluding tert-OH is 1. The van der Waals surface area contributed by atoms with Crippen LogP contribution in [0.5, 0.6) is 5.75 Å². The molecule has 0 radical (unpaired) electrons. The SMILES string of the molecule is C=CC[C@]1(C(=O)NNCC2(O)CCCCC2)N=C(c2ccc(OCCCO)cc2)O[C@H]1c1ccc(Br)cc1. The summed E-state index contributed by atoms with van der Waals surface area (Å²) >= 11 is 3.47. The van der Waals surface area contributed by atoms with E-state index in [-0.39, 0.29) is 25.5 Å². The minimum absolute atomic E-state index is 0.0712. The van der Waals surface area contributed by atoms with Gasteiger partial charge in [-0.1, -0.05) is 53.4 Å². The Kier molecular flexibility index (Phi) is 9.59. The van der Waals surface area contributed by atoms with Crippen LogP contribution in [0.25, 0.3) is 0 Å². The third kappa shape index (κ3) is 6.64. The molecule has 4 rings (SSSR count). The lowest BCUT2D eigenvalue weighted by atomic mass is 9.84. The van der Waals surface area contributed by atoms with Crippen molar-refractivity contribution in [3.63, 3.8) is 0 Å². The Balaban J connectivity index is 1.59. The molecule has 0 saturated heterocycles. The zero-order valence-electron chi connectivity index (χ0n) is 21.5. The smallest absolute Gasteiger partial charge is 0.266 e. The number of rotatable bonds is 12. The Bertz CT molecular complexity index is 1120. The molecule has 1 amide bonds. The van der Waals surface area contributed by atoms with Crippen molar-refractivity contribution in [3.8, 4) is 5.75 Å². The van der Waals surface area contributed by atoms with Gasteiger partial charge in [0.05, 0.1) is 12.2 Å². The van der Waals surface area contributed by atoms with Crippen molar-refractivity contribution in [2.75, 3.05) is 19.8 Å². The number of aliphatic hydroxyl groups is 2. The van der Waals surface area contributed by atoms with Crippen LogP contribution in [0.2, 0.25) is 0 Å². The zero-order valence-corrected chi connectivity index (χ0v) is 23.1. The number of carbonyl (C=O) groups excluding carboxylic acids is 1. The topological polar surface area (TPSA) is 112 Å². The van der Waals surface area contributed by atoms with Crippen LogP contribution in [0.4, 0.5) is 0 Å². The first-order valence-electron chi connectivity index (χ1n) is 13.1. The lowest BCUT2D eigenvalue weighted by Gasteiger charge is -2.33. The third-order valence-electron chi connectivity index (χ3n) is 7.06. The molecule has 1 fully saturated rings. The second-order valence-corrected chi connectivity index (χ2v) is 10.8. The van der Waals surface area contributed by atoms with E-state index in [9.17, 15) is 9.90 Å². The first kappa shape index (κ1) is 28.3. The van der Waals surface area contributed by atoms with E-state index in [0.717, 1.165) is 29.3 Å². The zero-order chi connectivity index (χ0) is 27.0. The number of hydrogen-bond acceptors (Lipinski definition) is 7. The van der Waals surface area contributed by atoms with Gasteiger partial charge in [0, 0.05) is 36.0 Å². The predicted octanol–water partition coefficient (Wildman–Crippen LogP) is 4.36. The molecule has 1 aliphatic heterocycles. The molecule has 204 valence electrons. The number of aliphatic imine (C=N–C) groups is 1. The Morgan fingerprint density at radius 3 is 2.53 bits per heavy atom. The maximum atomic E-state index is 13.8. The molecular formula is C29H36BrN3O5. The number of nitrogens with zero attached hydrogens (tertiary/aromatic N) is 1. The van der Waals surface area contributed by atoms with Crippen molar-refractivity contribution < 1.29 is 24.5 Å². The lowest BCUT2D eigenvalue weighted by molar-refractivity contribution is -0.130. The van der Waals surface area contributed by atoms with Gasteiger partial charge in [0.15, 0.2) is 11.6 Å². The van der Waals surface area contributed by atoms with Crippen molar-refractivity contribution in [2.24, 2.45) is 4.99 Å². The summed E-state index contributed by atoms with van der Waals surface area (Å²) in [6.07, 6.45) is 6.28. The van der Waals surface area contributed by atoms with Gasteiger partial charge in [0.1, 0.15) is 5.75 Å². The Labute approximate surface area is 232 Å². The first-order chi connectivity index (χ1) is 18.4. The Morgan fingerprint density at radius 1 is 1.16 bits per heavy atom. The number of amides is 1. The van der Waals surface area contributed by atoms with Crippen LogP contribution in [0, 0.1) is 0 Å². The molecule has 4 N–H and O–H groups in total. The van der Waals surface area contributed by atoms with Crippen LogP contribution >= 0.6 is 15.9 Å². The molecule has 2 atom stereocenters. The average Bonchev–Trinajstić information content (AvgIpc) is 3.31. The molecule has 0 bridgehead atoms. The van der Waals surface area contributed by atoms with Gasteiger partial charge in [0.2, 0.25) is 5.90 Å².